The number of hydrogen-bond acceptors (Lipinski definition) is 16. The molecule has 0 amide bonds. The van der Waals surface area contributed by atoms with E-state index in [2.05, 4.69) is 299 Å². The Morgan fingerprint density at radius 1 is 0.408 bits per heavy atom. The molecule has 15 rings (SSSR count). The first-order valence-electron chi connectivity index (χ1n) is 37.5. The lowest BCUT2D eigenvalue weighted by Gasteiger charge is -2.35. The van der Waals surface area contributed by atoms with Crippen LogP contribution in [0.3, 0.4) is 0 Å². The third-order valence-electron chi connectivity index (χ3n) is 17.5. The van der Waals surface area contributed by atoms with Gasteiger partial charge >= 0.3 is 26.5 Å². The molecular formula is C90H87F6N6O12S6+. The number of nitrogens with one attached hydrogen (secondary N) is 2. The molecule has 0 spiro atoms. The van der Waals surface area contributed by atoms with E-state index in [9.17, 15) is 77.7 Å². The van der Waals surface area contributed by atoms with Gasteiger partial charge in [0.05, 0.1) is 56.5 Å². The molecule has 120 heavy (non-hydrogen) atoms. The molecule has 12 aromatic rings. The molecule has 18 nitrogen and oxygen atoms in total. The van der Waals surface area contributed by atoms with Crippen molar-refractivity contribution in [1.29, 1.82) is 0 Å². The van der Waals surface area contributed by atoms with Crippen LogP contribution in [0.25, 0.3) is 0 Å². The van der Waals surface area contributed by atoms with Crippen molar-refractivity contribution in [3.8, 4) is 0 Å². The van der Waals surface area contributed by atoms with E-state index in [1.165, 1.54) is 93.1 Å². The van der Waals surface area contributed by atoms with E-state index in [0.717, 1.165) is 43.4 Å². The molecule has 3 aliphatic heterocycles. The summed E-state index contributed by atoms with van der Waals surface area (Å²) < 4.78 is 131. The summed E-state index contributed by atoms with van der Waals surface area (Å²) in [5.41, 5.74) is 0.710. The second-order valence-electron chi connectivity index (χ2n) is 25.9. The summed E-state index contributed by atoms with van der Waals surface area (Å²) in [4.78, 5) is 64.8. The topological polar surface area (TPSA) is 292 Å². The molecule has 0 atom stereocenters. The Labute approximate surface area is 706 Å². The molecule has 0 unspecified atom stereocenters. The van der Waals surface area contributed by atoms with E-state index in [1.54, 1.807) is 12.1 Å². The molecule has 0 saturated carbocycles. The van der Waals surface area contributed by atoms with E-state index in [4.69, 9.17) is 4.55 Å². The van der Waals surface area contributed by atoms with Crippen molar-refractivity contribution in [2.45, 2.75) is 86.2 Å². The molecule has 5 heterocycles. The normalized spacial score (nSPS) is 13.7. The average molecular weight is 1750 g/mol. The maximum atomic E-state index is 13.5. The number of alkyl halides is 6. The minimum absolute atomic E-state index is 0.0146. The summed E-state index contributed by atoms with van der Waals surface area (Å²) in [6.07, 6.45) is 9.33. The number of Topliss-reactive ketones (excluding diaryl/α,β-unsaturated/α-hetero) is 1. The molecule has 0 radical (unpaired) electrons. The second-order valence-corrected chi connectivity index (χ2v) is 37.7. The Hall–Kier alpha value is -10.8. The van der Waals surface area contributed by atoms with Crippen LogP contribution in [-0.4, -0.2) is 137 Å². The number of benzene rings is 10. The highest BCUT2D eigenvalue weighted by Gasteiger charge is 2.82. The molecule has 3 N–H and O–H groups in total. The highest BCUT2D eigenvalue weighted by molar-refractivity contribution is 7.98. The number of hydrogen-bond donors (Lipinski definition) is 3. The standard InChI is InChI=1S/3C18H15S.C12H15OS.C7H10F6N2O5S2.C6H11NO2.C6H5NO2.C5H4N2O2/c3*1-4-10-16(11-5-1)19(17-12-6-2-7-13-17)18-14-8-3-9-15-18;13-12(10-14-8-4-5-9-14)11-6-2-1-3-7-11;8-5(9,7(12,13)22(18,19)20)6(10,11)21(16,17)15-3-1-14-2-4-15;8-6(9)5-1-3-7-4-2-5;8-6(9)5-3-1-2-4-7-5;8-5(9)4-3-6-1-2-7-4/h3*1-15H;1-3,6-7H,4-5,8-10H2;14H,1-4H2,(H,18,19,20);5,7H,1-4H2,(H,8,9);1-4H,(H,8,9);1-3H,(H,8,9)/q4*+1;;;;/p-3. The van der Waals surface area contributed by atoms with Crippen LogP contribution in [0.4, 0.5) is 26.3 Å². The lowest BCUT2D eigenvalue weighted by Crippen LogP contribution is -2.64. The molecular weight excluding hydrogens is 1660 g/mol. The smallest absolute Gasteiger partial charge is 0.439 e. The van der Waals surface area contributed by atoms with Crippen molar-refractivity contribution in [3.63, 3.8) is 0 Å². The Morgan fingerprint density at radius 3 is 0.958 bits per heavy atom. The maximum absolute atomic E-state index is 13.5. The van der Waals surface area contributed by atoms with E-state index in [1.807, 2.05) is 30.3 Å². The van der Waals surface area contributed by atoms with Crippen molar-refractivity contribution in [2.75, 3.05) is 56.5 Å². The van der Waals surface area contributed by atoms with Gasteiger partial charge < -0.3 is 40.3 Å². The molecule has 2 aromatic heterocycles. The molecule has 0 bridgehead atoms. The number of aromatic carboxylic acids is 2. The van der Waals surface area contributed by atoms with Gasteiger partial charge in [-0.2, -0.15) is 39.1 Å². The van der Waals surface area contributed by atoms with Gasteiger partial charge in [0, 0.05) is 62.2 Å². The van der Waals surface area contributed by atoms with Gasteiger partial charge in [-0.15, -0.1) is 0 Å². The molecule has 3 fully saturated rings. The first kappa shape index (κ1) is 94.7. The number of ketones is 1. The fourth-order valence-corrected chi connectivity index (χ4v) is 22.0. The van der Waals surface area contributed by atoms with Gasteiger partial charge in [-0.1, -0.05) is 200 Å². The van der Waals surface area contributed by atoms with Crippen molar-refractivity contribution in [3.05, 3.63) is 363 Å². The molecule has 0 aliphatic carbocycles. The number of aromatic nitrogens is 3. The first-order chi connectivity index (χ1) is 57.7. The summed E-state index contributed by atoms with van der Waals surface area (Å²) in [5.74, 6) is -6.87. The van der Waals surface area contributed by atoms with Crippen molar-refractivity contribution >= 4 is 87.4 Å². The van der Waals surface area contributed by atoms with Gasteiger partial charge in [0.2, 0.25) is 5.78 Å². The summed E-state index contributed by atoms with van der Waals surface area (Å²) in [5, 5.41) is 22.7. The number of carbonyl (C=O) groups is 4. The zero-order valence-corrected chi connectivity index (χ0v) is 69.5. The van der Waals surface area contributed by atoms with Gasteiger partial charge in [0.1, 0.15) is 17.2 Å². The number of piperidine rings is 1. The summed E-state index contributed by atoms with van der Waals surface area (Å²) in [6, 6.07) is 111. The lowest BCUT2D eigenvalue weighted by atomic mass is 9.99. The van der Waals surface area contributed by atoms with E-state index in [0.29, 0.717) is 16.7 Å². The number of carboxylic acids is 3. The predicted octanol–water partition coefficient (Wildman–Crippen LogP) is 13.6. The average Bonchev–Trinajstić information content (AvgIpc) is 0.799. The lowest BCUT2D eigenvalue weighted by molar-refractivity contribution is -0.312. The molecule has 3 saturated heterocycles. The third-order valence-corrected chi connectivity index (χ3v) is 29.4. The number of halogens is 6. The maximum Gasteiger partial charge on any atom is 0.439 e. The number of carbonyl (C=O) groups excluding carboxylic acids is 4. The van der Waals surface area contributed by atoms with Gasteiger partial charge in [0.25, 0.3) is 10.0 Å². The van der Waals surface area contributed by atoms with Gasteiger partial charge in [-0.25, -0.2) is 8.42 Å². The summed E-state index contributed by atoms with van der Waals surface area (Å²) >= 11 is 0. The van der Waals surface area contributed by atoms with E-state index >= 15 is 0 Å². The van der Waals surface area contributed by atoms with Crippen LogP contribution in [0.1, 0.15) is 57.0 Å². The van der Waals surface area contributed by atoms with Crippen LogP contribution in [0.5, 0.6) is 0 Å². The zero-order valence-electron chi connectivity index (χ0n) is 64.6. The van der Waals surface area contributed by atoms with Gasteiger partial charge in [-0.05, 0) is 171 Å². The molecule has 3 aliphatic rings. The van der Waals surface area contributed by atoms with Crippen LogP contribution in [0.15, 0.2) is 390 Å². The largest absolute Gasteiger partial charge is 0.550 e. The quantitative estimate of drug-likeness (QED) is 0.0276. The van der Waals surface area contributed by atoms with Gasteiger partial charge in [-0.3, -0.25) is 24.3 Å². The highest BCUT2D eigenvalue weighted by atomic mass is 32.2. The SMILES string of the molecule is O=C(C[S+]1CCCC1)c1ccccc1.O=C([O-])C1CCNCC1.O=C([O-])c1ccccn1.O=C([O-])c1cnccn1.O=S(=O)(O)C(F)(F)C(F)(F)C(F)(F)S(=O)(=O)N1CCNCC1.c1ccc([S+](c2ccccc2)c2ccccc2)cc1.c1ccc([S+](c2ccccc2)c2ccccc2)cc1.c1ccc([S+](c2ccccc2)c2ccccc2)cc1. The summed E-state index contributed by atoms with van der Waals surface area (Å²) in [6.45, 7) is -0.167. The number of rotatable bonds is 20. The number of aliphatic carboxylic acids is 1. The van der Waals surface area contributed by atoms with Crippen molar-refractivity contribution in [1.82, 2.24) is 29.9 Å². The fourth-order valence-electron chi connectivity index (χ4n) is 11.5. The predicted molar refractivity (Wildman–Crippen MR) is 452 cm³/mol. The van der Waals surface area contributed by atoms with E-state index in [-0.39, 0.29) is 67.4 Å². The minimum atomic E-state index is -6.99. The third kappa shape index (κ3) is 28.5. The Kier molecular flexibility index (Phi) is 38.3. The molecule has 30 heteroatoms. The molecule has 10 aromatic carbocycles. The molecule has 626 valence electrons. The van der Waals surface area contributed by atoms with Crippen LogP contribution < -0.4 is 26.0 Å². The zero-order chi connectivity index (χ0) is 86.2. The first-order valence-corrected chi connectivity index (χ1v) is 45.7. The van der Waals surface area contributed by atoms with Crippen molar-refractivity contribution in [2.24, 2.45) is 5.92 Å². The number of carboxylic acid groups (broad SMARTS) is 3. The van der Waals surface area contributed by atoms with Crippen LogP contribution in [0, 0.1) is 5.92 Å². The summed E-state index contributed by atoms with van der Waals surface area (Å²) in [7, 11) is -13.0. The van der Waals surface area contributed by atoms with Crippen molar-refractivity contribution < 1.29 is 82.2 Å². The van der Waals surface area contributed by atoms with E-state index < -0.39 is 67.6 Å². The Morgan fingerprint density at radius 2 is 0.708 bits per heavy atom. The fraction of sp³-hybridized carbons (Fsp3) is 0.189. The van der Waals surface area contributed by atoms with Gasteiger partial charge in [0.15, 0.2) is 49.8 Å². The number of nitrogens with zero attached hydrogens (tertiary/aromatic N) is 4. The van der Waals surface area contributed by atoms with Crippen LogP contribution >= 0.6 is 0 Å². The Bertz CT molecular complexity index is 4620. The van der Waals surface area contributed by atoms with Crippen LogP contribution in [0.2, 0.25) is 0 Å². The second kappa shape index (κ2) is 48.5. The highest BCUT2D eigenvalue weighted by Crippen LogP contribution is 2.51. The number of sulfonamides is 1. The monoisotopic (exact) mass is 1750 g/mol. The number of pyridine rings is 1. The van der Waals surface area contributed by atoms with Crippen LogP contribution in [-0.2, 0) is 68.5 Å². The minimum Gasteiger partial charge on any atom is -0.550 e. The number of piperazine rings is 1. The Balaban J connectivity index is 0.000000174.